The van der Waals surface area contributed by atoms with Crippen LogP contribution in [0.25, 0.3) is 11.4 Å². The van der Waals surface area contributed by atoms with Crippen LogP contribution in [-0.2, 0) is 11.3 Å². The number of anilines is 1. The van der Waals surface area contributed by atoms with Crippen molar-refractivity contribution in [2.45, 2.75) is 25.5 Å². The van der Waals surface area contributed by atoms with Crippen LogP contribution in [0.2, 0.25) is 0 Å². The van der Waals surface area contributed by atoms with Gasteiger partial charge < -0.3 is 14.6 Å². The molecule has 8 heteroatoms. The minimum absolute atomic E-state index is 0.179. The molecule has 3 aromatic rings. The van der Waals surface area contributed by atoms with E-state index in [1.165, 1.54) is 36.0 Å². The summed E-state index contributed by atoms with van der Waals surface area (Å²) in [5.74, 6) is 1.20. The van der Waals surface area contributed by atoms with Crippen molar-refractivity contribution in [2.24, 2.45) is 0 Å². The Balaban J connectivity index is 1.66. The molecule has 6 nitrogen and oxygen atoms in total. The second-order valence-electron chi connectivity index (χ2n) is 5.85. The molecule has 1 N–H and O–H groups in total. The zero-order chi connectivity index (χ0) is 19.9. The Kier molecular flexibility index (Phi) is 6.65. The van der Waals surface area contributed by atoms with E-state index in [0.29, 0.717) is 24.0 Å². The average Bonchev–Trinajstić information content (AvgIpc) is 3.12. The Labute approximate surface area is 167 Å². The summed E-state index contributed by atoms with van der Waals surface area (Å²) >= 11 is 1.31. The highest BCUT2D eigenvalue weighted by Crippen LogP contribution is 2.25. The summed E-state index contributed by atoms with van der Waals surface area (Å²) in [4.78, 5) is 12.1. The van der Waals surface area contributed by atoms with Crippen molar-refractivity contribution in [3.05, 3.63) is 54.3 Å². The fourth-order valence-electron chi connectivity index (χ4n) is 2.62. The van der Waals surface area contributed by atoms with E-state index in [-0.39, 0.29) is 17.5 Å². The molecule has 28 heavy (non-hydrogen) atoms. The molecule has 3 rings (SSSR count). The number of hydrogen-bond donors (Lipinski definition) is 1. The molecular formula is C20H21FN4O2S. The van der Waals surface area contributed by atoms with Gasteiger partial charge in [0.25, 0.3) is 0 Å². The van der Waals surface area contributed by atoms with Gasteiger partial charge in [0, 0.05) is 17.8 Å². The lowest BCUT2D eigenvalue weighted by Crippen LogP contribution is -2.14. The molecule has 1 heterocycles. The number of aromatic nitrogens is 3. The van der Waals surface area contributed by atoms with Gasteiger partial charge in [-0.2, -0.15) is 0 Å². The van der Waals surface area contributed by atoms with E-state index < -0.39 is 0 Å². The molecule has 0 aliphatic carbocycles. The summed E-state index contributed by atoms with van der Waals surface area (Å²) in [6.45, 7) is 5.24. The second-order valence-corrected chi connectivity index (χ2v) is 6.79. The highest BCUT2D eigenvalue weighted by molar-refractivity contribution is 7.99. The summed E-state index contributed by atoms with van der Waals surface area (Å²) in [6, 6.07) is 13.3. The van der Waals surface area contributed by atoms with Crippen molar-refractivity contribution in [1.82, 2.24) is 14.8 Å². The smallest absolute Gasteiger partial charge is 0.234 e. The van der Waals surface area contributed by atoms with Gasteiger partial charge in [0.05, 0.1) is 12.4 Å². The number of halogens is 1. The molecule has 1 amide bonds. The highest BCUT2D eigenvalue weighted by Gasteiger charge is 2.15. The minimum atomic E-state index is -0.342. The summed E-state index contributed by atoms with van der Waals surface area (Å²) in [5, 5.41) is 11.9. The van der Waals surface area contributed by atoms with Crippen LogP contribution in [0, 0.1) is 5.82 Å². The van der Waals surface area contributed by atoms with Gasteiger partial charge in [0.1, 0.15) is 11.6 Å². The van der Waals surface area contributed by atoms with Gasteiger partial charge in [-0.15, -0.1) is 10.2 Å². The average molecular weight is 400 g/mol. The molecule has 0 atom stereocenters. The Hall–Kier alpha value is -2.87. The molecule has 0 saturated carbocycles. The quantitative estimate of drug-likeness (QED) is 0.573. The molecule has 0 unspecified atom stereocenters. The standard InChI is InChI=1S/C20H21FN4O2S/c1-3-25-19(14-5-11-17(12-6-14)27-4-2)23-24-20(25)28-13-18(26)22-16-9-7-15(21)8-10-16/h5-12H,3-4,13H2,1-2H3,(H,22,26). The Morgan fingerprint density at radius 1 is 1.11 bits per heavy atom. The maximum absolute atomic E-state index is 12.9. The molecule has 2 aromatic carbocycles. The van der Waals surface area contributed by atoms with Gasteiger partial charge in [-0.3, -0.25) is 4.79 Å². The first-order valence-electron chi connectivity index (χ1n) is 8.95. The van der Waals surface area contributed by atoms with Gasteiger partial charge in [-0.1, -0.05) is 11.8 Å². The van der Waals surface area contributed by atoms with Crippen LogP contribution < -0.4 is 10.1 Å². The van der Waals surface area contributed by atoms with E-state index in [4.69, 9.17) is 4.74 Å². The summed E-state index contributed by atoms with van der Waals surface area (Å²) in [7, 11) is 0. The minimum Gasteiger partial charge on any atom is -0.494 e. The maximum Gasteiger partial charge on any atom is 0.234 e. The normalized spacial score (nSPS) is 10.7. The largest absolute Gasteiger partial charge is 0.494 e. The van der Waals surface area contributed by atoms with Gasteiger partial charge >= 0.3 is 0 Å². The lowest BCUT2D eigenvalue weighted by Gasteiger charge is -2.09. The Bertz CT molecular complexity index is 926. The molecular weight excluding hydrogens is 379 g/mol. The predicted molar refractivity (Wildman–Crippen MR) is 108 cm³/mol. The molecule has 0 aliphatic rings. The molecule has 1 aromatic heterocycles. The Morgan fingerprint density at radius 3 is 2.46 bits per heavy atom. The van der Waals surface area contributed by atoms with Crippen LogP contribution in [0.4, 0.5) is 10.1 Å². The first-order valence-corrected chi connectivity index (χ1v) is 9.94. The predicted octanol–water partition coefficient (Wildman–Crippen LogP) is 4.23. The van der Waals surface area contributed by atoms with E-state index in [1.807, 2.05) is 42.7 Å². The summed E-state index contributed by atoms with van der Waals surface area (Å²) in [6.07, 6.45) is 0. The molecule has 0 bridgehead atoms. The third-order valence-electron chi connectivity index (χ3n) is 3.92. The van der Waals surface area contributed by atoms with E-state index in [0.717, 1.165) is 17.1 Å². The Morgan fingerprint density at radius 2 is 1.82 bits per heavy atom. The highest BCUT2D eigenvalue weighted by atomic mass is 32.2. The first-order chi connectivity index (χ1) is 13.6. The number of benzene rings is 2. The van der Waals surface area contributed by atoms with E-state index in [2.05, 4.69) is 15.5 Å². The van der Waals surface area contributed by atoms with Crippen molar-refractivity contribution in [2.75, 3.05) is 17.7 Å². The van der Waals surface area contributed by atoms with Crippen molar-refractivity contribution in [3.63, 3.8) is 0 Å². The topological polar surface area (TPSA) is 69.0 Å². The third-order valence-corrected chi connectivity index (χ3v) is 4.88. The number of nitrogens with zero attached hydrogens (tertiary/aromatic N) is 3. The number of carbonyl (C=O) groups is 1. The van der Waals surface area contributed by atoms with Crippen LogP contribution in [0.5, 0.6) is 5.75 Å². The molecule has 0 fully saturated rings. The number of ether oxygens (including phenoxy) is 1. The zero-order valence-electron chi connectivity index (χ0n) is 15.7. The fraction of sp³-hybridized carbons (Fsp3) is 0.250. The van der Waals surface area contributed by atoms with Gasteiger partial charge in [-0.25, -0.2) is 4.39 Å². The molecule has 0 aliphatic heterocycles. The number of rotatable bonds is 8. The lowest BCUT2D eigenvalue weighted by atomic mass is 10.2. The van der Waals surface area contributed by atoms with Crippen LogP contribution in [-0.4, -0.2) is 33.0 Å². The van der Waals surface area contributed by atoms with Gasteiger partial charge in [0.15, 0.2) is 11.0 Å². The van der Waals surface area contributed by atoms with Crippen LogP contribution >= 0.6 is 11.8 Å². The number of nitrogens with one attached hydrogen (secondary N) is 1. The first kappa shape index (κ1) is 19.9. The lowest BCUT2D eigenvalue weighted by molar-refractivity contribution is -0.113. The van der Waals surface area contributed by atoms with Crippen LogP contribution in [0.3, 0.4) is 0 Å². The van der Waals surface area contributed by atoms with Crippen molar-refractivity contribution in [1.29, 1.82) is 0 Å². The van der Waals surface area contributed by atoms with E-state index in [9.17, 15) is 9.18 Å². The number of thioether (sulfide) groups is 1. The van der Waals surface area contributed by atoms with E-state index >= 15 is 0 Å². The van der Waals surface area contributed by atoms with Crippen molar-refractivity contribution < 1.29 is 13.9 Å². The number of carbonyl (C=O) groups excluding carboxylic acids is 1. The molecule has 0 saturated heterocycles. The monoisotopic (exact) mass is 400 g/mol. The second kappa shape index (κ2) is 9.36. The summed E-state index contributed by atoms with van der Waals surface area (Å²) in [5.41, 5.74) is 1.49. The van der Waals surface area contributed by atoms with Crippen LogP contribution in [0.1, 0.15) is 13.8 Å². The SMILES string of the molecule is CCOc1ccc(-c2nnc(SCC(=O)Nc3ccc(F)cc3)n2CC)cc1. The van der Waals surface area contributed by atoms with Crippen LogP contribution in [0.15, 0.2) is 53.7 Å². The molecule has 0 spiro atoms. The maximum atomic E-state index is 12.9. The van der Waals surface area contributed by atoms with Gasteiger partial charge in [0.2, 0.25) is 5.91 Å². The number of amides is 1. The molecule has 146 valence electrons. The summed E-state index contributed by atoms with van der Waals surface area (Å²) < 4.78 is 20.4. The van der Waals surface area contributed by atoms with E-state index in [1.54, 1.807) is 0 Å². The van der Waals surface area contributed by atoms with Gasteiger partial charge in [-0.05, 0) is 62.4 Å². The third kappa shape index (κ3) is 4.89. The molecule has 0 radical (unpaired) electrons. The zero-order valence-corrected chi connectivity index (χ0v) is 16.5. The van der Waals surface area contributed by atoms with Crippen molar-refractivity contribution in [3.8, 4) is 17.1 Å². The fourth-order valence-corrected chi connectivity index (χ4v) is 3.42. The van der Waals surface area contributed by atoms with Crippen molar-refractivity contribution >= 4 is 23.4 Å². The number of hydrogen-bond acceptors (Lipinski definition) is 5.